The normalized spacial score (nSPS) is 12.3. The maximum atomic E-state index is 13.2. The molecule has 0 aliphatic rings. The zero-order valence-corrected chi connectivity index (χ0v) is 23.3. The van der Waals surface area contributed by atoms with Gasteiger partial charge in [0.1, 0.15) is 12.4 Å². The topological polar surface area (TPSA) is 97.2 Å². The van der Waals surface area contributed by atoms with Gasteiger partial charge in [-0.15, -0.1) is 0 Å². The van der Waals surface area contributed by atoms with Crippen LogP contribution in [0.25, 0.3) is 0 Å². The number of halogens is 6. The Kier molecular flexibility index (Phi) is 10.1. The number of carbonyl (C=O) groups excluding carboxylic acids is 1. The molecule has 13 heteroatoms. The summed E-state index contributed by atoms with van der Waals surface area (Å²) in [5.41, 5.74) is -3.15. The highest BCUT2D eigenvalue weighted by atomic mass is 19.4. The van der Waals surface area contributed by atoms with E-state index in [1.54, 1.807) is 6.21 Å². The van der Waals surface area contributed by atoms with E-state index >= 15 is 0 Å². The molecule has 3 aromatic carbocycles. The molecule has 43 heavy (non-hydrogen) atoms. The van der Waals surface area contributed by atoms with Gasteiger partial charge in [0.15, 0.2) is 0 Å². The van der Waals surface area contributed by atoms with Crippen LogP contribution >= 0.6 is 0 Å². The lowest BCUT2D eigenvalue weighted by Gasteiger charge is -2.18. The van der Waals surface area contributed by atoms with Crippen LogP contribution in [-0.4, -0.2) is 36.4 Å². The fraction of sp³-hybridized carbons (Fsp3) is 0.300. The second-order valence-electron chi connectivity index (χ2n) is 10.4. The molecule has 1 amide bonds. The Labute approximate surface area is 243 Å². The summed E-state index contributed by atoms with van der Waals surface area (Å²) in [7, 11) is 0. The van der Waals surface area contributed by atoms with E-state index in [4.69, 9.17) is 9.57 Å². The third-order valence-electron chi connectivity index (χ3n) is 6.02. The number of nitrogens with zero attached hydrogens (tertiary/aromatic N) is 1. The number of carboxylic acid groups (broad SMARTS) is 1. The summed E-state index contributed by atoms with van der Waals surface area (Å²) in [6, 6.07) is 11.7. The van der Waals surface area contributed by atoms with Gasteiger partial charge >= 0.3 is 18.3 Å². The van der Waals surface area contributed by atoms with Gasteiger partial charge in [0.05, 0.1) is 35.2 Å². The summed E-state index contributed by atoms with van der Waals surface area (Å²) >= 11 is 0. The average molecular weight is 611 g/mol. The van der Waals surface area contributed by atoms with Crippen molar-refractivity contribution in [3.05, 3.63) is 94.0 Å². The van der Waals surface area contributed by atoms with Crippen LogP contribution in [0.3, 0.4) is 0 Å². The highest BCUT2D eigenvalue weighted by molar-refractivity contribution is 6.08. The van der Waals surface area contributed by atoms with Crippen molar-refractivity contribution in [1.29, 1.82) is 0 Å². The summed E-state index contributed by atoms with van der Waals surface area (Å²) in [6.07, 6.45) is -8.42. The Morgan fingerprint density at radius 3 is 1.98 bits per heavy atom. The summed E-state index contributed by atoms with van der Waals surface area (Å²) in [5.74, 6) is -2.79. The second-order valence-corrected chi connectivity index (χ2v) is 10.4. The van der Waals surface area contributed by atoms with Gasteiger partial charge in [0, 0.05) is 18.1 Å². The fourth-order valence-corrected chi connectivity index (χ4v) is 3.72. The highest BCUT2D eigenvalue weighted by Gasteiger charge is 2.37. The zero-order valence-electron chi connectivity index (χ0n) is 23.3. The standard InChI is InChI=1S/C30H28F6N2O5/c1-28(2,3)20-7-5-18(6-8-20)17-37-43-12-4-11-42-23-9-10-24(27(40)41)25(16-23)38-26(39)19-13-21(29(31,32)33)15-22(14-19)30(34,35)36/h5-10,13-17H,4,11-12H2,1-3H3,(H,38,39)(H,40,41)/b37-17-. The average Bonchev–Trinajstić information content (AvgIpc) is 2.91. The van der Waals surface area contributed by atoms with Crippen LogP contribution in [0.5, 0.6) is 5.75 Å². The second kappa shape index (κ2) is 13.2. The molecule has 3 rings (SSSR count). The number of alkyl halides is 6. The van der Waals surface area contributed by atoms with Crippen LogP contribution in [0.4, 0.5) is 32.0 Å². The molecular weight excluding hydrogens is 582 g/mol. The number of nitrogens with one attached hydrogen (secondary N) is 1. The summed E-state index contributed by atoms with van der Waals surface area (Å²) in [4.78, 5) is 29.5. The fourth-order valence-electron chi connectivity index (χ4n) is 3.72. The molecule has 0 spiro atoms. The minimum Gasteiger partial charge on any atom is -0.493 e. The Balaban J connectivity index is 1.63. The Bertz CT molecular complexity index is 1440. The van der Waals surface area contributed by atoms with Gasteiger partial charge in [-0.05, 0) is 46.9 Å². The number of aromatic carboxylic acids is 1. The molecule has 0 radical (unpaired) electrons. The van der Waals surface area contributed by atoms with Gasteiger partial charge in [-0.2, -0.15) is 26.3 Å². The maximum absolute atomic E-state index is 13.2. The molecule has 0 heterocycles. The van der Waals surface area contributed by atoms with Crippen LogP contribution < -0.4 is 10.1 Å². The number of rotatable bonds is 10. The van der Waals surface area contributed by atoms with Gasteiger partial charge < -0.3 is 20.0 Å². The molecule has 0 unspecified atom stereocenters. The van der Waals surface area contributed by atoms with Gasteiger partial charge in [0.2, 0.25) is 0 Å². The van der Waals surface area contributed by atoms with Gasteiger partial charge in [0.25, 0.3) is 5.91 Å². The molecule has 0 saturated heterocycles. The van der Waals surface area contributed by atoms with E-state index < -0.39 is 46.5 Å². The highest BCUT2D eigenvalue weighted by Crippen LogP contribution is 2.36. The van der Waals surface area contributed by atoms with Crippen molar-refractivity contribution in [2.24, 2.45) is 5.16 Å². The first-order chi connectivity index (χ1) is 19.9. The van der Waals surface area contributed by atoms with E-state index in [9.17, 15) is 41.0 Å². The zero-order chi connectivity index (χ0) is 32.0. The molecule has 0 fully saturated rings. The quantitative estimate of drug-likeness (QED) is 0.106. The van der Waals surface area contributed by atoms with E-state index in [0.29, 0.717) is 6.42 Å². The summed E-state index contributed by atoms with van der Waals surface area (Å²) in [6.45, 7) is 6.57. The van der Waals surface area contributed by atoms with Crippen molar-refractivity contribution in [3.8, 4) is 5.75 Å². The van der Waals surface area contributed by atoms with Crippen molar-refractivity contribution in [2.45, 2.75) is 45.0 Å². The number of anilines is 1. The lowest BCUT2D eigenvalue weighted by atomic mass is 9.87. The number of oxime groups is 1. The molecule has 230 valence electrons. The van der Waals surface area contributed by atoms with E-state index in [-0.39, 0.29) is 48.3 Å². The SMILES string of the molecule is CC(C)(C)c1ccc(/C=N\OCCCOc2ccc(C(=O)O)c(NC(=O)c3cc(C(F)(F)F)cc(C(F)(F)F)c3)c2)cc1. The summed E-state index contributed by atoms with van der Waals surface area (Å²) < 4.78 is 84.6. The van der Waals surface area contributed by atoms with Crippen molar-refractivity contribution < 1.29 is 50.6 Å². The first-order valence-electron chi connectivity index (χ1n) is 12.8. The van der Waals surface area contributed by atoms with Gasteiger partial charge in [-0.25, -0.2) is 4.79 Å². The van der Waals surface area contributed by atoms with Crippen molar-refractivity contribution in [3.63, 3.8) is 0 Å². The van der Waals surface area contributed by atoms with Crippen LogP contribution in [0.1, 0.15) is 70.2 Å². The number of carbonyl (C=O) groups is 2. The van der Waals surface area contributed by atoms with E-state index in [1.807, 2.05) is 24.3 Å². The van der Waals surface area contributed by atoms with Crippen molar-refractivity contribution >= 4 is 23.8 Å². The molecule has 0 aliphatic carbocycles. The smallest absolute Gasteiger partial charge is 0.416 e. The first-order valence-corrected chi connectivity index (χ1v) is 12.8. The number of ether oxygens (including phenoxy) is 1. The van der Waals surface area contributed by atoms with Crippen molar-refractivity contribution in [1.82, 2.24) is 0 Å². The largest absolute Gasteiger partial charge is 0.493 e. The number of carboxylic acids is 1. The molecule has 0 aliphatic heterocycles. The molecule has 7 nitrogen and oxygen atoms in total. The van der Waals surface area contributed by atoms with Gasteiger partial charge in [-0.3, -0.25) is 4.79 Å². The van der Waals surface area contributed by atoms with E-state index in [0.717, 1.165) is 17.7 Å². The molecule has 0 bridgehead atoms. The predicted octanol–water partition coefficient (Wildman–Crippen LogP) is 7.79. The minimum atomic E-state index is -5.16. The molecular formula is C30H28F6N2O5. The number of benzene rings is 3. The third kappa shape index (κ3) is 9.48. The van der Waals surface area contributed by atoms with Crippen LogP contribution in [-0.2, 0) is 22.6 Å². The summed E-state index contributed by atoms with van der Waals surface area (Å²) in [5, 5.41) is 15.4. The Hall–Kier alpha value is -4.55. The lowest BCUT2D eigenvalue weighted by molar-refractivity contribution is -0.143. The van der Waals surface area contributed by atoms with Crippen molar-refractivity contribution in [2.75, 3.05) is 18.5 Å². The maximum Gasteiger partial charge on any atom is 0.416 e. The molecule has 0 atom stereocenters. The molecule has 0 aromatic heterocycles. The third-order valence-corrected chi connectivity index (χ3v) is 6.02. The van der Waals surface area contributed by atoms with E-state index in [2.05, 4.69) is 31.2 Å². The first kappa shape index (κ1) is 33.0. The molecule has 0 saturated carbocycles. The monoisotopic (exact) mass is 610 g/mol. The van der Waals surface area contributed by atoms with Crippen LogP contribution in [0, 0.1) is 0 Å². The Morgan fingerprint density at radius 1 is 0.837 bits per heavy atom. The van der Waals surface area contributed by atoms with Gasteiger partial charge in [-0.1, -0.05) is 50.2 Å². The van der Waals surface area contributed by atoms with Crippen LogP contribution in [0.2, 0.25) is 0 Å². The number of hydrogen-bond acceptors (Lipinski definition) is 5. The Morgan fingerprint density at radius 2 is 1.44 bits per heavy atom. The van der Waals surface area contributed by atoms with Crippen LogP contribution in [0.15, 0.2) is 65.8 Å². The number of amides is 1. The molecule has 2 N–H and O–H groups in total. The minimum absolute atomic E-state index is 0.0235. The number of hydrogen-bond donors (Lipinski definition) is 2. The predicted molar refractivity (Wildman–Crippen MR) is 147 cm³/mol. The van der Waals surface area contributed by atoms with E-state index in [1.165, 1.54) is 11.6 Å². The lowest BCUT2D eigenvalue weighted by Crippen LogP contribution is -2.18. The molecule has 3 aromatic rings.